The SMILES string of the molecule is C=CC(Oc1ccc2c(c1)OCO2)c1ccccc1. The fourth-order valence-corrected chi connectivity index (χ4v) is 1.99. The maximum absolute atomic E-state index is 5.92. The zero-order valence-corrected chi connectivity index (χ0v) is 10.4. The molecule has 0 saturated heterocycles. The van der Waals surface area contributed by atoms with Gasteiger partial charge in [0.05, 0.1) is 0 Å². The van der Waals surface area contributed by atoms with Crippen LogP contribution >= 0.6 is 0 Å². The second-order valence-corrected chi connectivity index (χ2v) is 4.20. The molecule has 0 aromatic heterocycles. The van der Waals surface area contributed by atoms with E-state index in [1.54, 1.807) is 6.08 Å². The first-order chi connectivity index (χ1) is 9.36. The summed E-state index contributed by atoms with van der Waals surface area (Å²) in [6.07, 6.45) is 1.60. The van der Waals surface area contributed by atoms with Gasteiger partial charge in [-0.15, -0.1) is 0 Å². The molecule has 19 heavy (non-hydrogen) atoms. The minimum atomic E-state index is -0.179. The molecule has 2 aromatic carbocycles. The molecule has 2 aromatic rings. The number of ether oxygens (including phenoxy) is 3. The van der Waals surface area contributed by atoms with Crippen LogP contribution in [-0.2, 0) is 0 Å². The highest BCUT2D eigenvalue weighted by atomic mass is 16.7. The summed E-state index contributed by atoms with van der Waals surface area (Å²) in [5.41, 5.74) is 1.06. The van der Waals surface area contributed by atoms with E-state index < -0.39 is 0 Å². The highest BCUT2D eigenvalue weighted by molar-refractivity contribution is 5.47. The molecule has 0 radical (unpaired) electrons. The van der Waals surface area contributed by atoms with Crippen LogP contribution < -0.4 is 14.2 Å². The van der Waals surface area contributed by atoms with Gasteiger partial charge in [0.1, 0.15) is 11.9 Å². The van der Waals surface area contributed by atoms with Crippen molar-refractivity contribution in [2.24, 2.45) is 0 Å². The zero-order valence-electron chi connectivity index (χ0n) is 10.4. The van der Waals surface area contributed by atoms with Crippen molar-refractivity contribution in [2.75, 3.05) is 6.79 Å². The van der Waals surface area contributed by atoms with Gasteiger partial charge < -0.3 is 14.2 Å². The number of benzene rings is 2. The predicted octanol–water partition coefficient (Wildman–Crippen LogP) is 3.72. The average molecular weight is 254 g/mol. The van der Waals surface area contributed by atoms with Crippen molar-refractivity contribution in [3.8, 4) is 17.2 Å². The lowest BCUT2D eigenvalue weighted by molar-refractivity contribution is 0.173. The fraction of sp³-hybridized carbons (Fsp3) is 0.125. The molecule has 0 fully saturated rings. The first kappa shape index (κ1) is 11.7. The first-order valence-corrected chi connectivity index (χ1v) is 6.10. The van der Waals surface area contributed by atoms with Gasteiger partial charge in [0.25, 0.3) is 0 Å². The third-order valence-corrected chi connectivity index (χ3v) is 2.95. The summed E-state index contributed by atoms with van der Waals surface area (Å²) in [6.45, 7) is 4.09. The van der Waals surface area contributed by atoms with E-state index in [9.17, 15) is 0 Å². The van der Waals surface area contributed by atoms with Gasteiger partial charge in [-0.25, -0.2) is 0 Å². The maximum Gasteiger partial charge on any atom is 0.231 e. The maximum atomic E-state index is 5.92. The van der Waals surface area contributed by atoms with Crippen molar-refractivity contribution in [1.82, 2.24) is 0 Å². The van der Waals surface area contributed by atoms with E-state index in [4.69, 9.17) is 14.2 Å². The molecule has 1 heterocycles. The van der Waals surface area contributed by atoms with Gasteiger partial charge in [-0.1, -0.05) is 36.9 Å². The molecule has 3 rings (SSSR count). The van der Waals surface area contributed by atoms with E-state index in [0.717, 1.165) is 17.1 Å². The Morgan fingerprint density at radius 1 is 1.05 bits per heavy atom. The Hall–Kier alpha value is -2.42. The molecule has 1 unspecified atom stereocenters. The Morgan fingerprint density at radius 3 is 2.63 bits per heavy atom. The largest absolute Gasteiger partial charge is 0.481 e. The third-order valence-electron chi connectivity index (χ3n) is 2.95. The molecule has 1 aliphatic rings. The van der Waals surface area contributed by atoms with Gasteiger partial charge in [-0.3, -0.25) is 0 Å². The summed E-state index contributed by atoms with van der Waals surface area (Å²) >= 11 is 0. The van der Waals surface area contributed by atoms with Crippen molar-refractivity contribution in [2.45, 2.75) is 6.10 Å². The minimum absolute atomic E-state index is 0.179. The standard InChI is InChI=1S/C16H14O3/c1-2-14(12-6-4-3-5-7-12)19-13-8-9-15-16(10-13)18-11-17-15/h2-10,14H,1,11H2. The molecule has 0 saturated carbocycles. The van der Waals surface area contributed by atoms with Gasteiger partial charge in [0, 0.05) is 6.07 Å². The summed E-state index contributed by atoms with van der Waals surface area (Å²) < 4.78 is 16.5. The van der Waals surface area contributed by atoms with E-state index in [2.05, 4.69) is 6.58 Å². The van der Waals surface area contributed by atoms with E-state index in [1.165, 1.54) is 0 Å². The third kappa shape index (κ3) is 2.40. The van der Waals surface area contributed by atoms with Crippen LogP contribution in [0.2, 0.25) is 0 Å². The van der Waals surface area contributed by atoms with E-state index in [1.807, 2.05) is 48.5 Å². The summed E-state index contributed by atoms with van der Waals surface area (Å²) in [4.78, 5) is 0. The lowest BCUT2D eigenvalue weighted by Gasteiger charge is -2.16. The Morgan fingerprint density at radius 2 is 1.84 bits per heavy atom. The number of fused-ring (bicyclic) bond motifs is 1. The monoisotopic (exact) mass is 254 g/mol. The van der Waals surface area contributed by atoms with E-state index in [-0.39, 0.29) is 12.9 Å². The van der Waals surface area contributed by atoms with Crippen LogP contribution in [-0.4, -0.2) is 6.79 Å². The molecule has 1 aliphatic heterocycles. The molecule has 0 spiro atoms. The summed E-state index contributed by atoms with van der Waals surface area (Å²) in [7, 11) is 0. The second kappa shape index (κ2) is 5.06. The normalized spacial score (nSPS) is 13.9. The van der Waals surface area contributed by atoms with Gasteiger partial charge in [-0.05, 0) is 23.8 Å². The average Bonchev–Trinajstić information content (AvgIpc) is 2.93. The lowest BCUT2D eigenvalue weighted by Crippen LogP contribution is -2.04. The van der Waals surface area contributed by atoms with Crippen LogP contribution in [0.25, 0.3) is 0 Å². The van der Waals surface area contributed by atoms with Gasteiger partial charge >= 0.3 is 0 Å². The summed E-state index contributed by atoms with van der Waals surface area (Å²) in [5.74, 6) is 2.20. The quantitative estimate of drug-likeness (QED) is 0.778. The fourth-order valence-electron chi connectivity index (χ4n) is 1.99. The van der Waals surface area contributed by atoms with Crippen molar-refractivity contribution in [3.05, 3.63) is 66.7 Å². The Bertz CT molecular complexity index is 578. The molecule has 0 N–H and O–H groups in total. The zero-order chi connectivity index (χ0) is 13.1. The molecule has 1 atom stereocenters. The predicted molar refractivity (Wildman–Crippen MR) is 72.6 cm³/mol. The lowest BCUT2D eigenvalue weighted by atomic mass is 10.1. The Labute approximate surface area is 112 Å². The smallest absolute Gasteiger partial charge is 0.231 e. The van der Waals surface area contributed by atoms with Crippen LogP contribution in [0.4, 0.5) is 0 Å². The second-order valence-electron chi connectivity index (χ2n) is 4.20. The summed E-state index contributed by atoms with van der Waals surface area (Å²) in [5, 5.41) is 0. The topological polar surface area (TPSA) is 27.7 Å². The minimum Gasteiger partial charge on any atom is -0.481 e. The van der Waals surface area contributed by atoms with Crippen LogP contribution in [0, 0.1) is 0 Å². The van der Waals surface area contributed by atoms with Crippen molar-refractivity contribution < 1.29 is 14.2 Å². The van der Waals surface area contributed by atoms with Gasteiger partial charge in [-0.2, -0.15) is 0 Å². The summed E-state index contributed by atoms with van der Waals surface area (Å²) in [6, 6.07) is 15.5. The molecule has 0 aliphatic carbocycles. The van der Waals surface area contributed by atoms with E-state index in [0.29, 0.717) is 5.75 Å². The first-order valence-electron chi connectivity index (χ1n) is 6.10. The van der Waals surface area contributed by atoms with Gasteiger partial charge in [0.15, 0.2) is 11.5 Å². The van der Waals surface area contributed by atoms with Crippen molar-refractivity contribution in [3.63, 3.8) is 0 Å². The Balaban J connectivity index is 1.82. The molecule has 0 bridgehead atoms. The van der Waals surface area contributed by atoms with Crippen molar-refractivity contribution >= 4 is 0 Å². The molecule has 3 heteroatoms. The number of hydrogen-bond donors (Lipinski definition) is 0. The van der Waals surface area contributed by atoms with Crippen LogP contribution in [0.5, 0.6) is 17.2 Å². The van der Waals surface area contributed by atoms with Crippen molar-refractivity contribution in [1.29, 1.82) is 0 Å². The number of rotatable bonds is 4. The van der Waals surface area contributed by atoms with Crippen LogP contribution in [0.1, 0.15) is 11.7 Å². The Kier molecular flexibility index (Phi) is 3.11. The molecular formula is C16H14O3. The van der Waals surface area contributed by atoms with E-state index >= 15 is 0 Å². The molecular weight excluding hydrogens is 240 g/mol. The molecule has 96 valence electrons. The number of hydrogen-bond acceptors (Lipinski definition) is 3. The molecule has 0 amide bonds. The van der Waals surface area contributed by atoms with Gasteiger partial charge in [0.2, 0.25) is 6.79 Å². The van der Waals surface area contributed by atoms with Crippen LogP contribution in [0.3, 0.4) is 0 Å². The highest BCUT2D eigenvalue weighted by Crippen LogP contribution is 2.36. The molecule has 3 nitrogen and oxygen atoms in total. The highest BCUT2D eigenvalue weighted by Gasteiger charge is 2.15. The van der Waals surface area contributed by atoms with Crippen LogP contribution in [0.15, 0.2) is 61.2 Å².